The van der Waals surface area contributed by atoms with E-state index < -0.39 is 5.91 Å². The van der Waals surface area contributed by atoms with Gasteiger partial charge >= 0.3 is 0 Å². The highest BCUT2D eigenvalue weighted by Gasteiger charge is 2.22. The lowest BCUT2D eigenvalue weighted by Crippen LogP contribution is -2.17. The maximum Gasteiger partial charge on any atom is 0.263 e. The van der Waals surface area contributed by atoms with Gasteiger partial charge in [-0.2, -0.15) is 0 Å². The van der Waals surface area contributed by atoms with Crippen molar-refractivity contribution in [2.45, 2.75) is 13.3 Å². The Bertz CT molecular complexity index is 925. The van der Waals surface area contributed by atoms with Gasteiger partial charge < -0.3 is 15.8 Å². The molecule has 1 saturated heterocycles. The molecule has 8 heteroatoms. The molecule has 128 valence electrons. The molecule has 3 rings (SSSR count). The van der Waals surface area contributed by atoms with Crippen molar-refractivity contribution in [3.05, 3.63) is 40.4 Å². The van der Waals surface area contributed by atoms with Crippen molar-refractivity contribution in [2.24, 2.45) is 5.73 Å². The number of hydrogen-bond acceptors (Lipinski definition) is 6. The van der Waals surface area contributed by atoms with Gasteiger partial charge in [0.05, 0.1) is 29.1 Å². The van der Waals surface area contributed by atoms with Crippen LogP contribution in [0.5, 0.6) is 5.75 Å². The van der Waals surface area contributed by atoms with Crippen molar-refractivity contribution >= 4 is 57.1 Å². The number of primary amides is 1. The van der Waals surface area contributed by atoms with E-state index in [0.29, 0.717) is 32.8 Å². The summed E-state index contributed by atoms with van der Waals surface area (Å²) in [6.45, 7) is 2.36. The number of nitrogens with two attached hydrogens (primary N) is 1. The number of thiocarbonyl (C=S) groups is 1. The molecule has 1 aliphatic rings. The van der Waals surface area contributed by atoms with E-state index in [4.69, 9.17) is 22.7 Å². The average molecular weight is 373 g/mol. The molecule has 0 unspecified atom stereocenters. The van der Waals surface area contributed by atoms with E-state index in [-0.39, 0.29) is 12.3 Å². The highest BCUT2D eigenvalue weighted by atomic mass is 32.2. The summed E-state index contributed by atoms with van der Waals surface area (Å²) in [5, 5.41) is 3.39. The summed E-state index contributed by atoms with van der Waals surface area (Å²) in [6.07, 6.45) is 1.82. The Morgan fingerprint density at radius 2 is 2.24 bits per heavy atom. The lowest BCUT2D eigenvalue weighted by molar-refractivity contribution is -0.117. The second-order valence-electron chi connectivity index (χ2n) is 5.32. The number of nitrogens with zero attached hydrogens (tertiary/aromatic N) is 1. The number of hydrogen-bond donors (Lipinski definition) is 2. The van der Waals surface area contributed by atoms with Gasteiger partial charge in [-0.1, -0.05) is 30.0 Å². The van der Waals surface area contributed by atoms with Crippen LogP contribution >= 0.6 is 24.0 Å². The molecule has 0 aliphatic carbocycles. The van der Waals surface area contributed by atoms with Crippen molar-refractivity contribution in [1.29, 1.82) is 0 Å². The number of carbonyl (C=O) groups is 2. The van der Waals surface area contributed by atoms with Crippen LogP contribution in [-0.2, 0) is 16.0 Å². The number of ether oxygens (including phenoxy) is 1. The lowest BCUT2D eigenvalue weighted by atomic mass is 10.1. The number of benzene rings is 1. The molecule has 1 fully saturated rings. The second kappa shape index (κ2) is 7.20. The van der Waals surface area contributed by atoms with Crippen molar-refractivity contribution in [3.63, 3.8) is 0 Å². The molecule has 0 atom stereocenters. The van der Waals surface area contributed by atoms with Crippen LogP contribution in [0, 0.1) is 0 Å². The van der Waals surface area contributed by atoms with Crippen LogP contribution in [-0.4, -0.2) is 27.7 Å². The molecule has 1 aromatic carbocycles. The quantitative estimate of drug-likeness (QED) is 0.616. The Morgan fingerprint density at radius 3 is 2.88 bits per heavy atom. The van der Waals surface area contributed by atoms with Crippen molar-refractivity contribution in [3.8, 4) is 5.75 Å². The van der Waals surface area contributed by atoms with Crippen LogP contribution in [0.4, 0.5) is 0 Å². The maximum atomic E-state index is 11.8. The van der Waals surface area contributed by atoms with Crippen LogP contribution in [0.1, 0.15) is 18.2 Å². The van der Waals surface area contributed by atoms with Crippen molar-refractivity contribution < 1.29 is 14.3 Å². The summed E-state index contributed by atoms with van der Waals surface area (Å²) in [6, 6.07) is 7.29. The van der Waals surface area contributed by atoms with Crippen LogP contribution in [0.2, 0.25) is 0 Å². The minimum Gasteiger partial charge on any atom is -0.493 e. The Balaban J connectivity index is 2.05. The number of thioether (sulfide) groups is 1. The molecule has 25 heavy (non-hydrogen) atoms. The lowest BCUT2D eigenvalue weighted by Gasteiger charge is -2.10. The van der Waals surface area contributed by atoms with Crippen LogP contribution in [0.25, 0.3) is 17.0 Å². The summed E-state index contributed by atoms with van der Waals surface area (Å²) < 4.78 is 6.14. The summed E-state index contributed by atoms with van der Waals surface area (Å²) in [5.41, 5.74) is 7.35. The third kappa shape index (κ3) is 3.97. The fourth-order valence-corrected chi connectivity index (χ4v) is 3.51. The zero-order chi connectivity index (χ0) is 18.0. The number of pyridine rings is 1. The summed E-state index contributed by atoms with van der Waals surface area (Å²) in [4.78, 5) is 28.0. The van der Waals surface area contributed by atoms with Crippen LogP contribution < -0.4 is 15.8 Å². The van der Waals surface area contributed by atoms with E-state index in [0.717, 1.165) is 10.9 Å². The fraction of sp³-hybridized carbons (Fsp3) is 0.176. The predicted octanol–water partition coefficient (Wildman–Crippen LogP) is 2.15. The molecule has 2 amide bonds. The number of carbonyl (C=O) groups excluding carboxylic acids is 2. The van der Waals surface area contributed by atoms with Gasteiger partial charge in [-0.05, 0) is 30.7 Å². The number of aromatic nitrogens is 1. The van der Waals surface area contributed by atoms with E-state index in [1.165, 1.54) is 11.8 Å². The molecule has 0 saturated carbocycles. The first kappa shape index (κ1) is 17.4. The first-order valence-electron chi connectivity index (χ1n) is 7.56. The topological polar surface area (TPSA) is 94.3 Å². The monoisotopic (exact) mass is 373 g/mol. The van der Waals surface area contributed by atoms with Gasteiger partial charge in [-0.3, -0.25) is 14.6 Å². The molecule has 1 aliphatic heterocycles. The third-order valence-corrected chi connectivity index (χ3v) is 4.61. The summed E-state index contributed by atoms with van der Waals surface area (Å²) in [5.74, 6) is -0.0194. The largest absolute Gasteiger partial charge is 0.493 e. The molecule has 2 heterocycles. The van der Waals surface area contributed by atoms with E-state index in [1.54, 1.807) is 12.1 Å². The number of nitrogens with one attached hydrogen (secondary N) is 1. The smallest absolute Gasteiger partial charge is 0.263 e. The maximum absolute atomic E-state index is 11.8. The second-order valence-corrected chi connectivity index (χ2v) is 7.04. The summed E-state index contributed by atoms with van der Waals surface area (Å²) >= 11 is 6.22. The average Bonchev–Trinajstić information content (AvgIpc) is 2.85. The standard InChI is InChI=1S/C17H15N3O3S2/c1-2-23-13-7-10(8-15(18)21)19-12-4-3-9(5-11(12)13)6-14-16(22)20-17(24)25-14/h3-7H,2,8H2,1H3,(H2,18,21)(H,20,22,24). The zero-order valence-corrected chi connectivity index (χ0v) is 15.0. The molecule has 6 nitrogen and oxygen atoms in total. The van der Waals surface area contributed by atoms with Gasteiger partial charge in [-0.25, -0.2) is 0 Å². The molecule has 0 spiro atoms. The fourth-order valence-electron chi connectivity index (χ4n) is 2.47. The van der Waals surface area contributed by atoms with Crippen LogP contribution in [0.15, 0.2) is 29.2 Å². The van der Waals surface area contributed by atoms with E-state index in [9.17, 15) is 9.59 Å². The van der Waals surface area contributed by atoms with Gasteiger partial charge in [0.1, 0.15) is 10.1 Å². The SMILES string of the molecule is CCOc1cc(CC(N)=O)nc2ccc(C=C3SC(=S)NC3=O)cc12. The molecule has 1 aromatic heterocycles. The van der Waals surface area contributed by atoms with Gasteiger partial charge in [0.2, 0.25) is 5.91 Å². The Hall–Kier alpha value is -2.45. The number of fused-ring (bicyclic) bond motifs is 1. The van der Waals surface area contributed by atoms with Crippen molar-refractivity contribution in [1.82, 2.24) is 10.3 Å². The molecule has 3 N–H and O–H groups in total. The number of amides is 2. The van der Waals surface area contributed by atoms with Gasteiger partial charge in [0.25, 0.3) is 5.91 Å². The summed E-state index contributed by atoms with van der Waals surface area (Å²) in [7, 11) is 0. The van der Waals surface area contributed by atoms with Gasteiger partial charge in [0.15, 0.2) is 0 Å². The minimum absolute atomic E-state index is 0.0517. The highest BCUT2D eigenvalue weighted by Crippen LogP contribution is 2.30. The molecule has 0 bridgehead atoms. The van der Waals surface area contributed by atoms with E-state index >= 15 is 0 Å². The highest BCUT2D eigenvalue weighted by molar-refractivity contribution is 8.26. The Labute approximate surface area is 153 Å². The molecular formula is C17H15N3O3S2. The van der Waals surface area contributed by atoms with E-state index in [1.807, 2.05) is 25.1 Å². The van der Waals surface area contributed by atoms with Gasteiger partial charge in [-0.15, -0.1) is 0 Å². The Kier molecular flexibility index (Phi) is 5.00. The Morgan fingerprint density at radius 1 is 1.44 bits per heavy atom. The minimum atomic E-state index is -0.448. The third-order valence-electron chi connectivity index (χ3n) is 3.44. The first-order chi connectivity index (χ1) is 12.0. The number of rotatable bonds is 5. The molecular weight excluding hydrogens is 358 g/mol. The normalized spacial score (nSPS) is 15.6. The predicted molar refractivity (Wildman–Crippen MR) is 102 cm³/mol. The molecule has 2 aromatic rings. The molecule has 0 radical (unpaired) electrons. The van der Waals surface area contributed by atoms with Crippen LogP contribution in [0.3, 0.4) is 0 Å². The van der Waals surface area contributed by atoms with Crippen molar-refractivity contribution in [2.75, 3.05) is 6.61 Å². The first-order valence-corrected chi connectivity index (χ1v) is 8.78. The van der Waals surface area contributed by atoms with E-state index in [2.05, 4.69) is 10.3 Å². The zero-order valence-electron chi connectivity index (χ0n) is 13.4. The van der Waals surface area contributed by atoms with Gasteiger partial charge in [0, 0.05) is 11.5 Å².